The standard InChI is InChI=1S/C6H13BN2O/c1-3-5-9(7-8)6(10)4-2/h8H,3-5H2,1-2H3. The van der Waals surface area contributed by atoms with E-state index in [1.807, 2.05) is 6.92 Å². The molecule has 0 unspecified atom stereocenters. The van der Waals surface area contributed by atoms with Crippen molar-refractivity contribution in [2.24, 2.45) is 0 Å². The second-order valence-electron chi connectivity index (χ2n) is 2.07. The van der Waals surface area contributed by atoms with Crippen LogP contribution in [-0.4, -0.2) is 24.5 Å². The summed E-state index contributed by atoms with van der Waals surface area (Å²) in [6.45, 7) is 4.45. The minimum atomic E-state index is 0.0249. The molecule has 0 atom stereocenters. The van der Waals surface area contributed by atoms with Crippen molar-refractivity contribution in [2.75, 3.05) is 6.54 Å². The van der Waals surface area contributed by atoms with E-state index in [9.17, 15) is 4.79 Å². The van der Waals surface area contributed by atoms with Crippen LogP contribution in [0.1, 0.15) is 26.7 Å². The van der Waals surface area contributed by atoms with Gasteiger partial charge in [-0.05, 0) is 0 Å². The van der Waals surface area contributed by atoms with Gasteiger partial charge in [-0.3, -0.25) is 0 Å². The Morgan fingerprint density at radius 2 is 2.20 bits per heavy atom. The molecule has 0 bridgehead atoms. The Kier molecular flexibility index (Phi) is 4.80. The third kappa shape index (κ3) is 2.76. The van der Waals surface area contributed by atoms with Crippen molar-refractivity contribution in [2.45, 2.75) is 26.7 Å². The number of nitrogens with one attached hydrogen (secondary N) is 1. The molecule has 10 heavy (non-hydrogen) atoms. The van der Waals surface area contributed by atoms with Crippen molar-refractivity contribution in [3.63, 3.8) is 0 Å². The second-order valence-corrected chi connectivity index (χ2v) is 2.07. The Morgan fingerprint density at radius 1 is 1.60 bits per heavy atom. The molecule has 0 saturated heterocycles. The molecule has 3 nitrogen and oxygen atoms in total. The number of carbonyl (C=O) groups excluding carboxylic acids is 1. The maximum atomic E-state index is 10.9. The van der Waals surface area contributed by atoms with E-state index < -0.39 is 0 Å². The zero-order valence-electron chi connectivity index (χ0n) is 6.55. The first-order valence-corrected chi connectivity index (χ1v) is 3.56. The zero-order chi connectivity index (χ0) is 7.98. The molecule has 0 aromatic rings. The van der Waals surface area contributed by atoms with Gasteiger partial charge >= 0.3 is 61.3 Å². The van der Waals surface area contributed by atoms with Gasteiger partial charge < -0.3 is 0 Å². The summed E-state index contributed by atoms with van der Waals surface area (Å²) >= 11 is 0. The van der Waals surface area contributed by atoms with E-state index in [0.717, 1.165) is 13.6 Å². The molecule has 0 heterocycles. The van der Waals surface area contributed by atoms with Gasteiger partial charge in [-0.2, -0.15) is 0 Å². The molecule has 4 heteroatoms. The van der Waals surface area contributed by atoms with E-state index in [1.165, 1.54) is 4.81 Å². The Labute approximate surface area is 62.2 Å². The maximum absolute atomic E-state index is 10.9. The molecule has 1 amide bonds. The molecule has 0 aromatic heterocycles. The fourth-order valence-electron chi connectivity index (χ4n) is 0.705. The van der Waals surface area contributed by atoms with Crippen LogP contribution in [0.5, 0.6) is 0 Å². The van der Waals surface area contributed by atoms with Gasteiger partial charge in [-0.15, -0.1) is 0 Å². The molecular weight excluding hydrogens is 127 g/mol. The Balaban J connectivity index is 3.80. The average molecular weight is 140 g/mol. The van der Waals surface area contributed by atoms with Crippen molar-refractivity contribution in [3.8, 4) is 0 Å². The topological polar surface area (TPSA) is 44.2 Å². The van der Waals surface area contributed by atoms with Crippen LogP contribution < -0.4 is 0 Å². The number of rotatable bonds is 4. The van der Waals surface area contributed by atoms with Gasteiger partial charge in [0.15, 0.2) is 0 Å². The summed E-state index contributed by atoms with van der Waals surface area (Å²) in [5, 5.41) is 6.88. The molecule has 0 rings (SSSR count). The predicted molar refractivity (Wildman–Crippen MR) is 40.8 cm³/mol. The van der Waals surface area contributed by atoms with E-state index in [0.29, 0.717) is 13.0 Å². The van der Waals surface area contributed by atoms with Crippen LogP contribution >= 0.6 is 0 Å². The molecule has 0 radical (unpaired) electrons. The van der Waals surface area contributed by atoms with E-state index >= 15 is 0 Å². The zero-order valence-corrected chi connectivity index (χ0v) is 6.55. The molecule has 56 valence electrons. The van der Waals surface area contributed by atoms with Gasteiger partial charge in [0.1, 0.15) is 0 Å². The fourth-order valence-corrected chi connectivity index (χ4v) is 0.705. The van der Waals surface area contributed by atoms with Gasteiger partial charge in [0.2, 0.25) is 0 Å². The average Bonchev–Trinajstić information content (AvgIpc) is 1.99. The van der Waals surface area contributed by atoms with Crippen LogP contribution in [-0.2, 0) is 4.79 Å². The van der Waals surface area contributed by atoms with Gasteiger partial charge in [0.05, 0.1) is 0 Å². The molecule has 0 fully saturated rings. The first kappa shape index (κ1) is 9.33. The van der Waals surface area contributed by atoms with Crippen LogP contribution in [0, 0.1) is 5.31 Å². The minimum absolute atomic E-state index is 0.0249. The van der Waals surface area contributed by atoms with Crippen LogP contribution in [0.25, 0.3) is 0 Å². The summed E-state index contributed by atoms with van der Waals surface area (Å²) in [6, 6.07) is 0. The van der Waals surface area contributed by atoms with Crippen molar-refractivity contribution in [3.05, 3.63) is 0 Å². The van der Waals surface area contributed by atoms with Crippen LogP contribution in [0.3, 0.4) is 0 Å². The van der Waals surface area contributed by atoms with Gasteiger partial charge in [0, 0.05) is 0 Å². The summed E-state index contributed by atoms with van der Waals surface area (Å²) in [5.41, 5.74) is 0. The number of amides is 1. The van der Waals surface area contributed by atoms with E-state index in [-0.39, 0.29) is 5.91 Å². The number of hydrogen-bond acceptors (Lipinski definition) is 2. The van der Waals surface area contributed by atoms with Crippen LogP contribution in [0.4, 0.5) is 0 Å². The molecule has 0 aliphatic rings. The molecule has 1 N–H and O–H groups in total. The Bertz CT molecular complexity index is 127. The van der Waals surface area contributed by atoms with Crippen LogP contribution in [0.15, 0.2) is 0 Å². The van der Waals surface area contributed by atoms with Gasteiger partial charge in [-0.25, -0.2) is 0 Å². The quantitative estimate of drug-likeness (QED) is 0.582. The number of hydrogen-bond donors (Lipinski definition) is 1. The molecule has 0 spiro atoms. The SMILES string of the molecule is CCCN(B=N)C(=O)CC. The summed E-state index contributed by atoms with van der Waals surface area (Å²) < 4.78 is 0. The summed E-state index contributed by atoms with van der Waals surface area (Å²) in [6.07, 6.45) is 1.39. The van der Waals surface area contributed by atoms with Gasteiger partial charge in [0.25, 0.3) is 0 Å². The van der Waals surface area contributed by atoms with E-state index in [4.69, 9.17) is 5.31 Å². The third-order valence-electron chi connectivity index (χ3n) is 1.24. The first-order valence-electron chi connectivity index (χ1n) is 3.56. The fraction of sp³-hybridized carbons (Fsp3) is 0.833. The van der Waals surface area contributed by atoms with Crippen molar-refractivity contribution < 1.29 is 4.79 Å². The normalized spacial score (nSPS) is 8.60. The number of carbonyl (C=O) groups is 1. The third-order valence-corrected chi connectivity index (χ3v) is 1.24. The molecular formula is C6H13BN2O. The summed E-state index contributed by atoms with van der Waals surface area (Å²) in [4.78, 5) is 12.3. The van der Waals surface area contributed by atoms with E-state index in [1.54, 1.807) is 6.92 Å². The number of nitrogens with zero attached hydrogens (tertiary/aromatic N) is 1. The summed E-state index contributed by atoms with van der Waals surface area (Å²) in [5.74, 6) is 0.0249. The summed E-state index contributed by atoms with van der Waals surface area (Å²) in [7, 11) is 1.09. The molecule has 0 aliphatic carbocycles. The predicted octanol–water partition coefficient (Wildman–Crippen LogP) is 1.02. The van der Waals surface area contributed by atoms with Gasteiger partial charge in [-0.1, -0.05) is 0 Å². The molecule has 0 aliphatic heterocycles. The molecule has 0 saturated carbocycles. The van der Waals surface area contributed by atoms with Crippen molar-refractivity contribution in [1.29, 1.82) is 5.31 Å². The van der Waals surface area contributed by atoms with E-state index in [2.05, 4.69) is 0 Å². The monoisotopic (exact) mass is 140 g/mol. The first-order chi connectivity index (χ1) is 4.76. The Morgan fingerprint density at radius 3 is 2.50 bits per heavy atom. The van der Waals surface area contributed by atoms with Crippen molar-refractivity contribution in [1.82, 2.24) is 4.81 Å². The van der Waals surface area contributed by atoms with Crippen LogP contribution in [0.2, 0.25) is 0 Å². The van der Waals surface area contributed by atoms with Crippen molar-refractivity contribution >= 4 is 13.1 Å². The molecule has 0 aromatic carbocycles. The Hall–Kier alpha value is -0.665. The second kappa shape index (κ2) is 5.15.